The summed E-state index contributed by atoms with van der Waals surface area (Å²) in [5.74, 6) is 2.33. The van der Waals surface area contributed by atoms with Crippen LogP contribution in [-0.4, -0.2) is 38.6 Å². The Balaban J connectivity index is 1.49. The molecule has 0 aromatic carbocycles. The van der Waals surface area contributed by atoms with Gasteiger partial charge in [0.2, 0.25) is 0 Å². The molecule has 6 heteroatoms. The summed E-state index contributed by atoms with van der Waals surface area (Å²) >= 11 is 0. The van der Waals surface area contributed by atoms with Crippen molar-refractivity contribution < 1.29 is 9.32 Å². The van der Waals surface area contributed by atoms with Crippen LogP contribution < -0.4 is 0 Å². The van der Waals surface area contributed by atoms with E-state index in [4.69, 9.17) is 4.52 Å². The summed E-state index contributed by atoms with van der Waals surface area (Å²) in [5.41, 5.74) is 0.449. The van der Waals surface area contributed by atoms with Gasteiger partial charge in [-0.05, 0) is 32.6 Å². The van der Waals surface area contributed by atoms with E-state index in [9.17, 15) is 4.79 Å². The maximum atomic E-state index is 12.6. The first-order chi connectivity index (χ1) is 10.7. The van der Waals surface area contributed by atoms with Gasteiger partial charge in [0.05, 0.1) is 6.04 Å². The molecule has 1 saturated carbocycles. The molecule has 0 unspecified atom stereocenters. The van der Waals surface area contributed by atoms with Crippen LogP contribution in [0.5, 0.6) is 0 Å². The number of imidazole rings is 1. The Kier molecular flexibility index (Phi) is 3.24. The molecule has 0 spiro atoms. The zero-order chi connectivity index (χ0) is 15.1. The molecule has 3 heterocycles. The van der Waals surface area contributed by atoms with E-state index in [0.717, 1.165) is 43.8 Å². The molecule has 1 atom stereocenters. The highest BCUT2D eigenvalue weighted by atomic mass is 16.5. The predicted molar refractivity (Wildman–Crippen MR) is 79.6 cm³/mol. The van der Waals surface area contributed by atoms with E-state index in [1.165, 1.54) is 0 Å². The lowest BCUT2D eigenvalue weighted by molar-refractivity contribution is 0.0667. The van der Waals surface area contributed by atoms with E-state index in [1.807, 2.05) is 30.3 Å². The summed E-state index contributed by atoms with van der Waals surface area (Å²) in [4.78, 5) is 18.8. The van der Waals surface area contributed by atoms with E-state index in [2.05, 4.69) is 14.7 Å². The second-order valence-corrected chi connectivity index (χ2v) is 6.32. The maximum Gasteiger partial charge on any atom is 0.276 e. The van der Waals surface area contributed by atoms with Crippen LogP contribution in [-0.2, 0) is 0 Å². The van der Waals surface area contributed by atoms with Crippen molar-refractivity contribution in [3.8, 4) is 0 Å². The fourth-order valence-corrected chi connectivity index (χ4v) is 3.25. The van der Waals surface area contributed by atoms with Crippen molar-refractivity contribution in [3.05, 3.63) is 35.7 Å². The number of hydrogen-bond acceptors (Lipinski definition) is 4. The number of aryl methyl sites for hydroxylation is 1. The number of hydrogen-bond donors (Lipinski definition) is 0. The molecule has 1 aliphatic heterocycles. The Morgan fingerprint density at radius 3 is 2.95 bits per heavy atom. The predicted octanol–water partition coefficient (Wildman–Crippen LogP) is 2.53. The van der Waals surface area contributed by atoms with Gasteiger partial charge in [0.15, 0.2) is 5.69 Å². The molecule has 6 nitrogen and oxygen atoms in total. The molecule has 22 heavy (non-hydrogen) atoms. The van der Waals surface area contributed by atoms with Crippen molar-refractivity contribution in [2.45, 2.75) is 44.6 Å². The highest BCUT2D eigenvalue weighted by Gasteiger charge is 2.31. The van der Waals surface area contributed by atoms with Crippen LogP contribution in [0.2, 0.25) is 0 Å². The third kappa shape index (κ3) is 2.42. The van der Waals surface area contributed by atoms with Gasteiger partial charge in [0.1, 0.15) is 11.6 Å². The van der Waals surface area contributed by atoms with Gasteiger partial charge in [0.25, 0.3) is 5.91 Å². The highest BCUT2D eigenvalue weighted by molar-refractivity contribution is 5.92. The van der Waals surface area contributed by atoms with Gasteiger partial charge in [-0.25, -0.2) is 4.98 Å². The van der Waals surface area contributed by atoms with Crippen LogP contribution in [0.25, 0.3) is 0 Å². The minimum atomic E-state index is -0.0156. The van der Waals surface area contributed by atoms with E-state index in [0.29, 0.717) is 24.2 Å². The zero-order valence-corrected chi connectivity index (χ0v) is 12.7. The number of aromatic nitrogens is 3. The molecule has 1 saturated heterocycles. The number of rotatable bonds is 3. The van der Waals surface area contributed by atoms with E-state index in [1.54, 1.807) is 0 Å². The highest BCUT2D eigenvalue weighted by Crippen LogP contribution is 2.40. The topological polar surface area (TPSA) is 64.2 Å². The van der Waals surface area contributed by atoms with E-state index in [-0.39, 0.29) is 5.91 Å². The third-order valence-corrected chi connectivity index (χ3v) is 4.67. The van der Waals surface area contributed by atoms with Gasteiger partial charge in [0, 0.05) is 37.5 Å². The Hall–Kier alpha value is -2.11. The van der Waals surface area contributed by atoms with Gasteiger partial charge in [-0.3, -0.25) is 4.79 Å². The fourth-order valence-electron chi connectivity index (χ4n) is 3.25. The summed E-state index contributed by atoms with van der Waals surface area (Å²) in [5, 5.41) is 3.97. The van der Waals surface area contributed by atoms with E-state index < -0.39 is 0 Å². The number of amides is 1. The second-order valence-electron chi connectivity index (χ2n) is 6.32. The lowest BCUT2D eigenvalue weighted by atomic mass is 10.0. The third-order valence-electron chi connectivity index (χ3n) is 4.67. The van der Waals surface area contributed by atoms with Crippen molar-refractivity contribution in [2.24, 2.45) is 0 Å². The zero-order valence-electron chi connectivity index (χ0n) is 12.7. The van der Waals surface area contributed by atoms with Crippen LogP contribution in [0.4, 0.5) is 0 Å². The molecule has 2 aliphatic rings. The molecule has 0 bridgehead atoms. The minimum Gasteiger partial charge on any atom is -0.360 e. The van der Waals surface area contributed by atoms with Crippen molar-refractivity contribution in [3.63, 3.8) is 0 Å². The number of piperidine rings is 1. The Morgan fingerprint density at radius 1 is 1.36 bits per heavy atom. The first-order valence-corrected chi connectivity index (χ1v) is 7.97. The second kappa shape index (κ2) is 5.26. The minimum absolute atomic E-state index is 0.0156. The molecule has 4 rings (SSSR count). The van der Waals surface area contributed by atoms with Gasteiger partial charge in [-0.2, -0.15) is 0 Å². The van der Waals surface area contributed by atoms with Gasteiger partial charge >= 0.3 is 0 Å². The van der Waals surface area contributed by atoms with Crippen molar-refractivity contribution in [1.82, 2.24) is 19.6 Å². The molecule has 2 aromatic rings. The summed E-state index contributed by atoms with van der Waals surface area (Å²) in [6.07, 6.45) is 8.18. The van der Waals surface area contributed by atoms with Gasteiger partial charge in [-0.15, -0.1) is 0 Å². The quantitative estimate of drug-likeness (QED) is 0.873. The standard InChI is InChI=1S/C16H20N4O2/c1-11-17-6-8-20(11)13-3-2-7-19(10-13)16(21)14-9-15(22-18-14)12-4-5-12/h6,8-9,12-13H,2-5,7,10H2,1H3/t13-/m1/s1. The average Bonchev–Trinajstić information content (AvgIpc) is 3.11. The summed E-state index contributed by atoms with van der Waals surface area (Å²) in [6.45, 7) is 3.50. The molecule has 1 amide bonds. The summed E-state index contributed by atoms with van der Waals surface area (Å²) in [7, 11) is 0. The number of carbonyl (C=O) groups is 1. The number of nitrogens with zero attached hydrogens (tertiary/aromatic N) is 4. The Bertz CT molecular complexity index is 686. The number of likely N-dealkylation sites (tertiary alicyclic amines) is 1. The van der Waals surface area contributed by atoms with Crippen LogP contribution in [0.15, 0.2) is 23.0 Å². The SMILES string of the molecule is Cc1nccn1[C@@H]1CCCN(C(=O)c2cc(C3CC3)on2)C1. The molecule has 1 aliphatic carbocycles. The van der Waals surface area contributed by atoms with E-state index >= 15 is 0 Å². The molecular formula is C16H20N4O2. The molecule has 2 aromatic heterocycles. The first kappa shape index (κ1) is 13.5. The van der Waals surface area contributed by atoms with Crippen molar-refractivity contribution in [1.29, 1.82) is 0 Å². The van der Waals surface area contributed by atoms with Gasteiger partial charge < -0.3 is 14.0 Å². The smallest absolute Gasteiger partial charge is 0.276 e. The summed E-state index contributed by atoms with van der Waals surface area (Å²) in [6, 6.07) is 2.13. The normalized spacial score (nSPS) is 22.0. The van der Waals surface area contributed by atoms with Crippen LogP contribution in [0.3, 0.4) is 0 Å². The van der Waals surface area contributed by atoms with Crippen LogP contribution >= 0.6 is 0 Å². The molecule has 0 N–H and O–H groups in total. The van der Waals surface area contributed by atoms with Crippen LogP contribution in [0, 0.1) is 6.92 Å². The monoisotopic (exact) mass is 300 g/mol. The van der Waals surface area contributed by atoms with Gasteiger partial charge in [-0.1, -0.05) is 5.16 Å². The van der Waals surface area contributed by atoms with Crippen LogP contribution in [0.1, 0.15) is 59.7 Å². The lowest BCUT2D eigenvalue weighted by Crippen LogP contribution is -2.41. The summed E-state index contributed by atoms with van der Waals surface area (Å²) < 4.78 is 7.47. The van der Waals surface area contributed by atoms with Crippen molar-refractivity contribution >= 4 is 5.91 Å². The lowest BCUT2D eigenvalue weighted by Gasteiger charge is -2.33. The molecule has 0 radical (unpaired) electrons. The largest absolute Gasteiger partial charge is 0.360 e. The molecule has 2 fully saturated rings. The molecular weight excluding hydrogens is 280 g/mol. The Morgan fingerprint density at radius 2 is 2.23 bits per heavy atom. The maximum absolute atomic E-state index is 12.6. The fraction of sp³-hybridized carbons (Fsp3) is 0.562. The van der Waals surface area contributed by atoms with Crippen molar-refractivity contribution in [2.75, 3.05) is 13.1 Å². The number of carbonyl (C=O) groups excluding carboxylic acids is 1. The Labute approximate surface area is 129 Å². The first-order valence-electron chi connectivity index (χ1n) is 7.97. The molecule has 116 valence electrons. The average molecular weight is 300 g/mol.